The SMILES string of the molecule is Cc1nn(Cc2ccc(Cl)cc2)c(Cl)c1C=CC(=O)c1cnn(C(C)C)c1. The van der Waals surface area contributed by atoms with Crippen LogP contribution in [0.3, 0.4) is 0 Å². The molecule has 0 fully saturated rings. The normalized spacial score (nSPS) is 11.6. The van der Waals surface area contributed by atoms with Crippen molar-refractivity contribution in [3.05, 3.63) is 75.3 Å². The Morgan fingerprint density at radius 1 is 1.22 bits per heavy atom. The lowest BCUT2D eigenvalue weighted by atomic mass is 10.1. The number of ketones is 1. The molecule has 7 heteroatoms. The van der Waals surface area contributed by atoms with Crippen molar-refractivity contribution in [2.75, 3.05) is 0 Å². The van der Waals surface area contributed by atoms with Crippen molar-refractivity contribution in [2.24, 2.45) is 0 Å². The van der Waals surface area contributed by atoms with Crippen LogP contribution in [0.5, 0.6) is 0 Å². The average molecular weight is 403 g/mol. The summed E-state index contributed by atoms with van der Waals surface area (Å²) in [6.45, 7) is 6.41. The quantitative estimate of drug-likeness (QED) is 0.419. The largest absolute Gasteiger partial charge is 0.289 e. The van der Waals surface area contributed by atoms with Crippen LogP contribution in [-0.4, -0.2) is 25.3 Å². The van der Waals surface area contributed by atoms with Crippen LogP contribution in [0.1, 0.15) is 47.1 Å². The first kappa shape index (κ1) is 19.4. The number of allylic oxidation sites excluding steroid dienone is 1. The van der Waals surface area contributed by atoms with E-state index in [0.717, 1.165) is 16.8 Å². The summed E-state index contributed by atoms with van der Waals surface area (Å²) in [5, 5.41) is 9.85. The first-order valence-corrected chi connectivity index (χ1v) is 9.34. The fourth-order valence-corrected chi connectivity index (χ4v) is 3.05. The van der Waals surface area contributed by atoms with Crippen LogP contribution in [0.25, 0.3) is 6.08 Å². The van der Waals surface area contributed by atoms with Crippen molar-refractivity contribution in [1.82, 2.24) is 19.6 Å². The number of aromatic nitrogens is 4. The molecule has 1 aromatic carbocycles. The van der Waals surface area contributed by atoms with Gasteiger partial charge in [0.1, 0.15) is 5.15 Å². The molecule has 0 atom stereocenters. The molecule has 0 aliphatic heterocycles. The van der Waals surface area contributed by atoms with Gasteiger partial charge in [-0.3, -0.25) is 9.48 Å². The third kappa shape index (κ3) is 4.49. The summed E-state index contributed by atoms with van der Waals surface area (Å²) < 4.78 is 3.46. The Balaban J connectivity index is 1.78. The maximum Gasteiger partial charge on any atom is 0.189 e. The van der Waals surface area contributed by atoms with E-state index in [9.17, 15) is 4.79 Å². The lowest BCUT2D eigenvalue weighted by molar-refractivity contribution is 0.104. The van der Waals surface area contributed by atoms with Crippen molar-refractivity contribution in [3.8, 4) is 0 Å². The first-order valence-electron chi connectivity index (χ1n) is 8.59. The standard InChI is InChI=1S/C20H20Cl2N4O/c1-13(2)25-12-16(10-23-25)19(27)9-8-18-14(3)24-26(20(18)22)11-15-4-6-17(21)7-5-15/h4-10,12-13H,11H2,1-3H3. The van der Waals surface area contributed by atoms with E-state index in [1.807, 2.05) is 45.0 Å². The third-order valence-electron chi connectivity index (χ3n) is 4.17. The van der Waals surface area contributed by atoms with E-state index in [2.05, 4.69) is 10.2 Å². The van der Waals surface area contributed by atoms with Gasteiger partial charge in [0, 0.05) is 22.8 Å². The Labute approximate surface area is 168 Å². The smallest absolute Gasteiger partial charge is 0.189 e. The molecule has 27 heavy (non-hydrogen) atoms. The number of hydrogen-bond acceptors (Lipinski definition) is 3. The number of hydrogen-bond donors (Lipinski definition) is 0. The topological polar surface area (TPSA) is 52.7 Å². The van der Waals surface area contributed by atoms with Crippen LogP contribution in [0.15, 0.2) is 42.7 Å². The zero-order valence-electron chi connectivity index (χ0n) is 15.4. The fraction of sp³-hybridized carbons (Fsp3) is 0.250. The number of aryl methyl sites for hydroxylation is 1. The molecule has 0 saturated heterocycles. The minimum atomic E-state index is -0.122. The van der Waals surface area contributed by atoms with Gasteiger partial charge >= 0.3 is 0 Å². The molecule has 0 spiro atoms. The molecule has 0 N–H and O–H groups in total. The predicted octanol–water partition coefficient (Wildman–Crippen LogP) is 5.22. The van der Waals surface area contributed by atoms with Gasteiger partial charge in [0.2, 0.25) is 0 Å². The molecule has 3 aromatic rings. The summed E-state index contributed by atoms with van der Waals surface area (Å²) in [7, 11) is 0. The van der Waals surface area contributed by atoms with Gasteiger partial charge in [0.05, 0.1) is 24.0 Å². The zero-order chi connectivity index (χ0) is 19.6. The van der Waals surface area contributed by atoms with Crippen molar-refractivity contribution in [2.45, 2.75) is 33.4 Å². The van der Waals surface area contributed by atoms with Crippen molar-refractivity contribution < 1.29 is 4.79 Å². The Hall–Kier alpha value is -2.37. The zero-order valence-corrected chi connectivity index (χ0v) is 16.9. The summed E-state index contributed by atoms with van der Waals surface area (Å²) in [5.41, 5.74) is 3.07. The number of nitrogens with zero attached hydrogens (tertiary/aromatic N) is 4. The minimum Gasteiger partial charge on any atom is -0.289 e. The summed E-state index contributed by atoms with van der Waals surface area (Å²) >= 11 is 12.4. The molecule has 0 aliphatic carbocycles. The van der Waals surface area contributed by atoms with Gasteiger partial charge < -0.3 is 0 Å². The second kappa shape index (κ2) is 8.11. The lowest BCUT2D eigenvalue weighted by Crippen LogP contribution is -2.01. The van der Waals surface area contributed by atoms with Crippen molar-refractivity contribution in [1.29, 1.82) is 0 Å². The molecular weight excluding hydrogens is 383 g/mol. The fourth-order valence-electron chi connectivity index (χ4n) is 2.63. The van der Waals surface area contributed by atoms with E-state index in [-0.39, 0.29) is 11.8 Å². The van der Waals surface area contributed by atoms with E-state index >= 15 is 0 Å². The number of carbonyl (C=O) groups is 1. The van der Waals surface area contributed by atoms with Gasteiger partial charge in [-0.1, -0.05) is 35.3 Å². The van der Waals surface area contributed by atoms with Crippen LogP contribution in [0.4, 0.5) is 0 Å². The molecule has 0 radical (unpaired) electrons. The molecule has 0 unspecified atom stereocenters. The summed E-state index contributed by atoms with van der Waals surface area (Å²) in [6, 6.07) is 7.73. The Morgan fingerprint density at radius 3 is 2.56 bits per heavy atom. The van der Waals surface area contributed by atoms with Gasteiger partial charge in [-0.2, -0.15) is 10.2 Å². The van der Waals surface area contributed by atoms with Gasteiger partial charge in [-0.05, 0) is 50.6 Å². The van der Waals surface area contributed by atoms with Gasteiger partial charge in [0.25, 0.3) is 0 Å². The van der Waals surface area contributed by atoms with Crippen molar-refractivity contribution >= 4 is 35.1 Å². The molecule has 0 bridgehead atoms. The average Bonchev–Trinajstić information content (AvgIpc) is 3.22. The predicted molar refractivity (Wildman–Crippen MR) is 109 cm³/mol. The van der Waals surface area contributed by atoms with Crippen LogP contribution in [0.2, 0.25) is 10.2 Å². The van der Waals surface area contributed by atoms with Crippen molar-refractivity contribution in [3.63, 3.8) is 0 Å². The van der Waals surface area contributed by atoms with E-state index < -0.39 is 0 Å². The second-order valence-corrected chi connectivity index (χ2v) is 7.37. The molecule has 5 nitrogen and oxygen atoms in total. The first-order chi connectivity index (χ1) is 12.8. The van der Waals surface area contributed by atoms with Crippen LogP contribution in [0, 0.1) is 6.92 Å². The number of halogens is 2. The highest BCUT2D eigenvalue weighted by Crippen LogP contribution is 2.23. The number of benzene rings is 1. The molecule has 0 amide bonds. The molecule has 0 aliphatic rings. The highest BCUT2D eigenvalue weighted by Gasteiger charge is 2.13. The third-order valence-corrected chi connectivity index (χ3v) is 4.82. The summed E-state index contributed by atoms with van der Waals surface area (Å²) in [5.74, 6) is -0.122. The van der Waals surface area contributed by atoms with Crippen LogP contribution >= 0.6 is 23.2 Å². The molecule has 3 rings (SSSR count). The van der Waals surface area contributed by atoms with Gasteiger partial charge in [-0.25, -0.2) is 4.68 Å². The van der Waals surface area contributed by atoms with Gasteiger partial charge in [-0.15, -0.1) is 0 Å². The number of rotatable bonds is 6. The molecule has 2 aromatic heterocycles. The van der Waals surface area contributed by atoms with E-state index in [0.29, 0.717) is 22.3 Å². The van der Waals surface area contributed by atoms with E-state index in [4.69, 9.17) is 23.2 Å². The van der Waals surface area contributed by atoms with E-state index in [1.54, 1.807) is 27.8 Å². The molecular formula is C20H20Cl2N4O. The highest BCUT2D eigenvalue weighted by atomic mass is 35.5. The maximum absolute atomic E-state index is 12.4. The van der Waals surface area contributed by atoms with Gasteiger partial charge in [0.15, 0.2) is 5.78 Å². The van der Waals surface area contributed by atoms with Crippen LogP contribution < -0.4 is 0 Å². The minimum absolute atomic E-state index is 0.122. The molecule has 0 saturated carbocycles. The lowest BCUT2D eigenvalue weighted by Gasteiger charge is -2.03. The summed E-state index contributed by atoms with van der Waals surface area (Å²) in [6.07, 6.45) is 6.53. The number of carbonyl (C=O) groups excluding carboxylic acids is 1. The Morgan fingerprint density at radius 2 is 1.93 bits per heavy atom. The maximum atomic E-state index is 12.4. The Bertz CT molecular complexity index is 984. The Kier molecular flexibility index (Phi) is 5.82. The second-order valence-electron chi connectivity index (χ2n) is 6.57. The van der Waals surface area contributed by atoms with Crippen LogP contribution in [-0.2, 0) is 6.54 Å². The van der Waals surface area contributed by atoms with E-state index in [1.165, 1.54) is 6.08 Å². The summed E-state index contributed by atoms with van der Waals surface area (Å²) in [4.78, 5) is 12.4. The highest BCUT2D eigenvalue weighted by molar-refractivity contribution is 6.31. The monoisotopic (exact) mass is 402 g/mol. The molecule has 140 valence electrons. The molecule has 2 heterocycles.